The van der Waals surface area contributed by atoms with E-state index in [1.54, 1.807) is 32.9 Å². The minimum absolute atomic E-state index is 0.0133. The van der Waals surface area contributed by atoms with Crippen LogP contribution in [0.1, 0.15) is 53.0 Å². The molecule has 1 aliphatic heterocycles. The minimum atomic E-state index is -1.33. The van der Waals surface area contributed by atoms with Crippen LogP contribution in [0.25, 0.3) is 0 Å². The number of aliphatic hydroxyl groups is 1. The molecule has 0 spiro atoms. The molecular weight excluding hydrogens is 570 g/mol. The van der Waals surface area contributed by atoms with Gasteiger partial charge < -0.3 is 30.5 Å². The van der Waals surface area contributed by atoms with E-state index in [0.717, 1.165) is 5.57 Å². The zero-order valence-electron chi connectivity index (χ0n) is 23.4. The summed E-state index contributed by atoms with van der Waals surface area (Å²) in [6, 6.07) is 1.33. The minimum Gasteiger partial charge on any atom is -0.507 e. The molecule has 0 saturated heterocycles. The van der Waals surface area contributed by atoms with Gasteiger partial charge >= 0.3 is 5.97 Å². The maximum Gasteiger partial charge on any atom is 0.331 e. The van der Waals surface area contributed by atoms with Crippen molar-refractivity contribution in [3.8, 4) is 5.75 Å². The summed E-state index contributed by atoms with van der Waals surface area (Å²) in [6.07, 6.45) is 2.58. The Bertz CT molecular complexity index is 1090. The van der Waals surface area contributed by atoms with E-state index >= 15 is 0 Å². The van der Waals surface area contributed by atoms with Gasteiger partial charge in [0.05, 0.1) is 17.2 Å². The fourth-order valence-corrected chi connectivity index (χ4v) is 5.11. The van der Waals surface area contributed by atoms with E-state index in [0.29, 0.717) is 22.9 Å². The van der Waals surface area contributed by atoms with E-state index < -0.39 is 48.6 Å². The van der Waals surface area contributed by atoms with Crippen molar-refractivity contribution in [2.75, 3.05) is 13.7 Å². The third-order valence-electron chi connectivity index (χ3n) is 6.74. The standard InChI is InChI=1S/C28H40BrN3O7/c1-15-9-16(2)11-18(4)39-28(38)22(14-33)31-26(36)23(13-20-7-8-24(34)21(29)12-20)32(6)27(37)19(5)30-25(35)17(3)10-15/h7-9,12,16-19,22-23,33-34H,10-11,13-14H2,1-6H3,(H,30,35)(H,31,36)/b15-9+/t16-,17-,18-,19-,22+,23-/m1/s1. The average Bonchev–Trinajstić information content (AvgIpc) is 2.85. The third-order valence-corrected chi connectivity index (χ3v) is 7.37. The Kier molecular flexibility index (Phi) is 12.0. The lowest BCUT2D eigenvalue weighted by atomic mass is 9.95. The predicted molar refractivity (Wildman–Crippen MR) is 150 cm³/mol. The molecule has 0 radical (unpaired) electrons. The molecule has 0 fully saturated rings. The summed E-state index contributed by atoms with van der Waals surface area (Å²) >= 11 is 3.25. The Morgan fingerprint density at radius 1 is 1.08 bits per heavy atom. The van der Waals surface area contributed by atoms with Crippen LogP contribution in [0.5, 0.6) is 5.75 Å². The molecule has 1 heterocycles. The van der Waals surface area contributed by atoms with Crippen molar-refractivity contribution in [2.45, 2.75) is 78.1 Å². The molecule has 216 valence electrons. The third kappa shape index (κ3) is 9.35. The zero-order chi connectivity index (χ0) is 29.4. The maximum atomic E-state index is 13.4. The molecule has 2 rings (SSSR count). The first-order valence-electron chi connectivity index (χ1n) is 13.1. The summed E-state index contributed by atoms with van der Waals surface area (Å²) < 4.78 is 5.93. The number of nitrogens with one attached hydrogen (secondary N) is 2. The van der Waals surface area contributed by atoms with Crippen molar-refractivity contribution in [3.63, 3.8) is 0 Å². The van der Waals surface area contributed by atoms with E-state index in [-0.39, 0.29) is 29.9 Å². The Balaban J connectivity index is 2.44. The zero-order valence-corrected chi connectivity index (χ0v) is 24.9. The number of halogens is 1. The van der Waals surface area contributed by atoms with Gasteiger partial charge in [-0.1, -0.05) is 31.6 Å². The number of phenolic OH excluding ortho intramolecular Hbond substituents is 1. The van der Waals surface area contributed by atoms with Crippen LogP contribution in [-0.4, -0.2) is 76.7 Å². The number of phenols is 1. The molecule has 1 aromatic carbocycles. The molecule has 1 aliphatic rings. The summed E-state index contributed by atoms with van der Waals surface area (Å²) in [4.78, 5) is 53.7. The lowest BCUT2D eigenvalue weighted by molar-refractivity contribution is -0.154. The largest absolute Gasteiger partial charge is 0.507 e. The van der Waals surface area contributed by atoms with Crippen molar-refractivity contribution >= 4 is 39.6 Å². The number of aliphatic hydroxyl groups excluding tert-OH is 1. The van der Waals surface area contributed by atoms with Gasteiger partial charge in [0.1, 0.15) is 17.8 Å². The first-order valence-corrected chi connectivity index (χ1v) is 13.9. The molecule has 0 unspecified atom stereocenters. The number of likely N-dealkylation sites (N-methyl/N-ethyl adjacent to an activating group) is 1. The van der Waals surface area contributed by atoms with Crippen LogP contribution < -0.4 is 10.6 Å². The Hall–Kier alpha value is -2.92. The summed E-state index contributed by atoms with van der Waals surface area (Å²) in [5.74, 6) is -2.57. The quantitative estimate of drug-likeness (QED) is 0.304. The highest BCUT2D eigenvalue weighted by molar-refractivity contribution is 9.10. The van der Waals surface area contributed by atoms with Gasteiger partial charge in [-0.05, 0) is 73.2 Å². The van der Waals surface area contributed by atoms with Crippen LogP contribution in [0, 0.1) is 11.8 Å². The maximum absolute atomic E-state index is 13.4. The summed E-state index contributed by atoms with van der Waals surface area (Å²) in [5, 5.41) is 25.0. The Morgan fingerprint density at radius 3 is 2.36 bits per heavy atom. The number of carbonyl (C=O) groups is 4. The van der Waals surface area contributed by atoms with E-state index in [1.807, 2.05) is 19.9 Å². The number of aromatic hydroxyl groups is 1. The molecule has 0 aliphatic carbocycles. The Morgan fingerprint density at radius 2 is 1.74 bits per heavy atom. The Labute approximate surface area is 238 Å². The van der Waals surface area contributed by atoms with Crippen molar-refractivity contribution in [1.82, 2.24) is 15.5 Å². The molecule has 39 heavy (non-hydrogen) atoms. The van der Waals surface area contributed by atoms with Crippen molar-refractivity contribution in [3.05, 3.63) is 39.9 Å². The van der Waals surface area contributed by atoms with Crippen LogP contribution in [0.2, 0.25) is 0 Å². The van der Waals surface area contributed by atoms with E-state index in [4.69, 9.17) is 4.74 Å². The van der Waals surface area contributed by atoms with E-state index in [1.165, 1.54) is 18.0 Å². The molecular formula is C28H40BrN3O7. The molecule has 1 aromatic rings. The highest BCUT2D eigenvalue weighted by Crippen LogP contribution is 2.25. The number of esters is 1. The van der Waals surface area contributed by atoms with Crippen LogP contribution in [0.3, 0.4) is 0 Å². The van der Waals surface area contributed by atoms with Gasteiger partial charge in [0.15, 0.2) is 6.04 Å². The number of amides is 3. The van der Waals surface area contributed by atoms with Gasteiger partial charge in [0, 0.05) is 19.4 Å². The van der Waals surface area contributed by atoms with Crippen molar-refractivity contribution in [1.29, 1.82) is 0 Å². The molecule has 11 heteroatoms. The molecule has 0 bridgehead atoms. The predicted octanol–water partition coefficient (Wildman–Crippen LogP) is 2.45. The van der Waals surface area contributed by atoms with Crippen LogP contribution in [-0.2, 0) is 30.3 Å². The van der Waals surface area contributed by atoms with Gasteiger partial charge in [-0.2, -0.15) is 0 Å². The smallest absolute Gasteiger partial charge is 0.331 e. The number of rotatable bonds is 3. The monoisotopic (exact) mass is 609 g/mol. The highest BCUT2D eigenvalue weighted by atomic mass is 79.9. The van der Waals surface area contributed by atoms with Gasteiger partial charge in [0.2, 0.25) is 17.7 Å². The number of hydrogen-bond donors (Lipinski definition) is 4. The fraction of sp³-hybridized carbons (Fsp3) is 0.571. The van der Waals surface area contributed by atoms with Gasteiger partial charge in [-0.3, -0.25) is 14.4 Å². The normalized spacial score (nSPS) is 29.8. The van der Waals surface area contributed by atoms with Crippen molar-refractivity contribution < 1.29 is 34.1 Å². The number of benzene rings is 1. The number of ether oxygens (including phenoxy) is 1. The topological polar surface area (TPSA) is 145 Å². The fourth-order valence-electron chi connectivity index (χ4n) is 4.68. The second-order valence-electron chi connectivity index (χ2n) is 10.5. The lowest BCUT2D eigenvalue weighted by Gasteiger charge is -2.31. The van der Waals surface area contributed by atoms with Gasteiger partial charge in [0.25, 0.3) is 0 Å². The number of hydrogen-bond acceptors (Lipinski definition) is 7. The van der Waals surface area contributed by atoms with Gasteiger partial charge in [-0.15, -0.1) is 0 Å². The molecule has 10 nitrogen and oxygen atoms in total. The van der Waals surface area contributed by atoms with Crippen LogP contribution in [0.15, 0.2) is 34.3 Å². The van der Waals surface area contributed by atoms with Crippen LogP contribution >= 0.6 is 15.9 Å². The van der Waals surface area contributed by atoms with Gasteiger partial charge in [-0.25, -0.2) is 4.79 Å². The first kappa shape index (κ1) is 32.3. The SMILES string of the molecule is C/C1=C\[C@@H](C)C[C@@H](C)OC(=O)[C@H](CO)NC(=O)[C@@H](Cc2ccc(O)c(Br)c2)N(C)C(=O)[C@@H](C)NC(=O)[C@H](C)C1. The number of cyclic esters (lactones) is 1. The second kappa shape index (κ2) is 14.5. The van der Waals surface area contributed by atoms with E-state index in [2.05, 4.69) is 26.6 Å². The highest BCUT2D eigenvalue weighted by Gasteiger charge is 2.34. The second-order valence-corrected chi connectivity index (χ2v) is 11.4. The molecule has 4 N–H and O–H groups in total. The summed E-state index contributed by atoms with van der Waals surface area (Å²) in [5.41, 5.74) is 1.63. The summed E-state index contributed by atoms with van der Waals surface area (Å²) in [7, 11) is 1.44. The molecule has 3 amide bonds. The lowest BCUT2D eigenvalue weighted by Crippen LogP contribution is -2.57. The first-order chi connectivity index (χ1) is 18.2. The molecule has 0 saturated carbocycles. The average molecular weight is 611 g/mol. The summed E-state index contributed by atoms with van der Waals surface area (Å²) in [6.45, 7) is 8.29. The number of nitrogens with zero attached hydrogens (tertiary/aromatic N) is 1. The number of carbonyl (C=O) groups excluding carboxylic acids is 4. The van der Waals surface area contributed by atoms with Crippen LogP contribution in [0.4, 0.5) is 0 Å². The molecule has 6 atom stereocenters. The molecule has 0 aromatic heterocycles. The number of allylic oxidation sites excluding steroid dienone is 2. The van der Waals surface area contributed by atoms with Crippen molar-refractivity contribution in [2.24, 2.45) is 11.8 Å². The van der Waals surface area contributed by atoms with E-state index in [9.17, 15) is 29.4 Å².